The fraction of sp³-hybridized carbons (Fsp3) is 0.520. The lowest BCUT2D eigenvalue weighted by Gasteiger charge is -2.62. The molecule has 2 N–H and O–H groups in total. The number of unbranched alkanes of at least 4 members (excludes halogenated alkanes) is 1. The lowest BCUT2D eigenvalue weighted by molar-refractivity contribution is -0.137. The summed E-state index contributed by atoms with van der Waals surface area (Å²) < 4.78 is 2.07. The van der Waals surface area contributed by atoms with Gasteiger partial charge in [-0.2, -0.15) is 0 Å². The second kappa shape index (κ2) is 9.07. The molecule has 0 saturated heterocycles. The number of carbonyl (C=O) groups excluding carboxylic acids is 1. The predicted octanol–water partition coefficient (Wildman–Crippen LogP) is 6.65. The van der Waals surface area contributed by atoms with Crippen LogP contribution in [-0.2, 0) is 4.79 Å². The monoisotopic (exact) mass is 503 g/mol. The number of amides is 1. The van der Waals surface area contributed by atoms with Gasteiger partial charge in [0.25, 0.3) is 5.91 Å². The predicted molar refractivity (Wildman–Crippen MR) is 130 cm³/mol. The van der Waals surface area contributed by atoms with Gasteiger partial charge in [-0.15, -0.1) is 11.3 Å². The third-order valence-electron chi connectivity index (χ3n) is 7.57. The Balaban J connectivity index is 1.46. The first kappa shape index (κ1) is 22.5. The van der Waals surface area contributed by atoms with Crippen LogP contribution in [0.3, 0.4) is 0 Å². The van der Waals surface area contributed by atoms with Gasteiger partial charge < -0.3 is 10.4 Å². The lowest BCUT2D eigenvalue weighted by Crippen LogP contribution is -2.61. The number of carboxylic acid groups (broad SMARTS) is 1. The van der Waals surface area contributed by atoms with Crippen LogP contribution in [-0.4, -0.2) is 23.0 Å². The minimum atomic E-state index is -0.737. The van der Waals surface area contributed by atoms with Gasteiger partial charge in [-0.05, 0) is 77.3 Å². The van der Waals surface area contributed by atoms with Crippen molar-refractivity contribution in [3.63, 3.8) is 0 Å². The second-order valence-corrected chi connectivity index (χ2v) is 11.3. The van der Waals surface area contributed by atoms with Crippen molar-refractivity contribution in [2.45, 2.75) is 58.4 Å². The van der Waals surface area contributed by atoms with Crippen LogP contribution in [0.2, 0.25) is 0 Å². The fourth-order valence-electron chi connectivity index (χ4n) is 5.63. The van der Waals surface area contributed by atoms with Crippen LogP contribution >= 0.6 is 27.3 Å². The number of rotatable bonds is 8. The highest BCUT2D eigenvalue weighted by molar-refractivity contribution is 9.10. The van der Waals surface area contributed by atoms with E-state index < -0.39 is 5.97 Å². The van der Waals surface area contributed by atoms with Gasteiger partial charge in [0, 0.05) is 32.4 Å². The summed E-state index contributed by atoms with van der Waals surface area (Å²) in [6.07, 6.45) is 9.24. The first-order chi connectivity index (χ1) is 14.8. The molecule has 3 aliphatic rings. The normalized spacial score (nSPS) is 26.7. The summed E-state index contributed by atoms with van der Waals surface area (Å²) in [4.78, 5) is 23.9. The van der Waals surface area contributed by atoms with Crippen LogP contribution in [0.15, 0.2) is 40.2 Å². The third kappa shape index (κ3) is 4.47. The number of fused-ring (bicyclic) bond motifs is 3. The number of carbonyl (C=O) groups is 2. The first-order valence-corrected chi connectivity index (χ1v) is 12.8. The number of allylic oxidation sites excluding steroid dienone is 2. The number of aliphatic carboxylic acids is 1. The molecule has 0 radical (unpaired) electrons. The van der Waals surface area contributed by atoms with Crippen molar-refractivity contribution in [1.82, 2.24) is 5.32 Å². The van der Waals surface area contributed by atoms with Gasteiger partial charge in [0.15, 0.2) is 0 Å². The Morgan fingerprint density at radius 3 is 2.84 bits per heavy atom. The van der Waals surface area contributed by atoms with Gasteiger partial charge in [0.2, 0.25) is 0 Å². The van der Waals surface area contributed by atoms with Crippen LogP contribution in [0.4, 0.5) is 0 Å². The Morgan fingerprint density at radius 2 is 2.10 bits per heavy atom. The number of benzene rings is 1. The van der Waals surface area contributed by atoms with Crippen LogP contribution < -0.4 is 5.32 Å². The molecule has 1 heterocycles. The van der Waals surface area contributed by atoms with E-state index in [-0.39, 0.29) is 18.4 Å². The maximum atomic E-state index is 13.3. The van der Waals surface area contributed by atoms with E-state index in [9.17, 15) is 9.59 Å². The van der Waals surface area contributed by atoms with E-state index in [1.54, 1.807) is 11.3 Å². The molecule has 1 aromatic heterocycles. The molecule has 4 nitrogen and oxygen atoms in total. The summed E-state index contributed by atoms with van der Waals surface area (Å²) in [7, 11) is 0. The molecular formula is C25H30BrNO3S. The van der Waals surface area contributed by atoms with E-state index in [0.29, 0.717) is 29.6 Å². The molecule has 3 fully saturated rings. The highest BCUT2D eigenvalue weighted by Gasteiger charge is 2.57. The Labute approximate surface area is 196 Å². The summed E-state index contributed by atoms with van der Waals surface area (Å²) in [6, 6.07) is 6.11. The van der Waals surface area contributed by atoms with Gasteiger partial charge in [0.05, 0.1) is 5.56 Å². The van der Waals surface area contributed by atoms with Crippen LogP contribution in [0.25, 0.3) is 10.1 Å². The summed E-state index contributed by atoms with van der Waals surface area (Å²) in [6.45, 7) is 4.74. The van der Waals surface area contributed by atoms with E-state index in [4.69, 9.17) is 5.11 Å². The summed E-state index contributed by atoms with van der Waals surface area (Å²) >= 11 is 5.18. The van der Waals surface area contributed by atoms with E-state index in [1.807, 2.05) is 23.6 Å². The highest BCUT2D eigenvalue weighted by atomic mass is 79.9. The molecule has 1 aromatic carbocycles. The summed E-state index contributed by atoms with van der Waals surface area (Å²) in [5.74, 6) is 1.00. The first-order valence-electron chi connectivity index (χ1n) is 11.1. The Hall–Kier alpha value is -1.66. The topological polar surface area (TPSA) is 66.4 Å². The molecule has 3 aliphatic carbocycles. The van der Waals surface area contributed by atoms with E-state index in [1.165, 1.54) is 6.42 Å². The maximum Gasteiger partial charge on any atom is 0.303 e. The van der Waals surface area contributed by atoms with Crippen molar-refractivity contribution in [2.24, 2.45) is 23.2 Å². The van der Waals surface area contributed by atoms with E-state index >= 15 is 0 Å². The van der Waals surface area contributed by atoms with Crippen molar-refractivity contribution in [3.8, 4) is 0 Å². The number of hydrogen-bond acceptors (Lipinski definition) is 3. The Morgan fingerprint density at radius 1 is 1.29 bits per heavy atom. The zero-order chi connectivity index (χ0) is 22.2. The largest absolute Gasteiger partial charge is 0.481 e. The average Bonchev–Trinajstić information content (AvgIpc) is 3.11. The molecular weight excluding hydrogens is 474 g/mol. The van der Waals surface area contributed by atoms with Gasteiger partial charge in [-0.25, -0.2) is 0 Å². The molecule has 5 rings (SSSR count). The smallest absolute Gasteiger partial charge is 0.303 e. The SMILES string of the molecule is CC1(C)[C@H]2CC(NC(=O)c3cccc4c(Br)csc34)[C@@H](CC=CCCCC(=O)O)[C@@H]1C2. The summed E-state index contributed by atoms with van der Waals surface area (Å²) in [5, 5.41) is 15.3. The van der Waals surface area contributed by atoms with Crippen molar-refractivity contribution >= 4 is 49.2 Å². The minimum absolute atomic E-state index is 0.0273. The van der Waals surface area contributed by atoms with Crippen LogP contribution in [0.5, 0.6) is 0 Å². The maximum absolute atomic E-state index is 13.3. The molecule has 0 spiro atoms. The number of hydrogen-bond donors (Lipinski definition) is 2. The van der Waals surface area contributed by atoms with Crippen molar-refractivity contribution < 1.29 is 14.7 Å². The fourth-order valence-corrected chi connectivity index (χ4v) is 7.32. The van der Waals surface area contributed by atoms with Gasteiger partial charge >= 0.3 is 5.97 Å². The zero-order valence-corrected chi connectivity index (χ0v) is 20.5. The molecule has 1 amide bonds. The van der Waals surface area contributed by atoms with E-state index in [2.05, 4.69) is 47.2 Å². The van der Waals surface area contributed by atoms with Crippen LogP contribution in [0, 0.1) is 23.2 Å². The minimum Gasteiger partial charge on any atom is -0.481 e. The van der Waals surface area contributed by atoms with Gasteiger partial charge in [0.1, 0.15) is 0 Å². The van der Waals surface area contributed by atoms with Gasteiger partial charge in [-0.3, -0.25) is 9.59 Å². The third-order valence-corrected chi connectivity index (χ3v) is 9.56. The average molecular weight is 504 g/mol. The molecule has 3 saturated carbocycles. The Bertz CT molecular complexity index is 1010. The zero-order valence-electron chi connectivity index (χ0n) is 18.1. The molecule has 0 aliphatic heterocycles. The molecule has 166 valence electrons. The Kier molecular flexibility index (Phi) is 6.59. The number of halogens is 1. The molecule has 31 heavy (non-hydrogen) atoms. The van der Waals surface area contributed by atoms with Gasteiger partial charge in [-0.1, -0.05) is 38.1 Å². The van der Waals surface area contributed by atoms with Crippen LogP contribution in [0.1, 0.15) is 62.7 Å². The highest BCUT2D eigenvalue weighted by Crippen LogP contribution is 2.62. The van der Waals surface area contributed by atoms with Crippen molar-refractivity contribution in [2.75, 3.05) is 0 Å². The molecule has 1 unspecified atom stereocenters. The second-order valence-electron chi connectivity index (χ2n) is 9.60. The molecule has 2 aromatic rings. The number of nitrogens with one attached hydrogen (secondary N) is 1. The molecule has 6 heteroatoms. The molecule has 2 bridgehead atoms. The van der Waals surface area contributed by atoms with E-state index in [0.717, 1.165) is 39.4 Å². The molecule has 4 atom stereocenters. The summed E-state index contributed by atoms with van der Waals surface area (Å²) in [5.41, 5.74) is 1.09. The standard InChI is InChI=1S/C25H30BrNO3S/c1-25(2)15-12-19(25)16(8-5-3-4-6-11-22(28)29)21(13-15)27-24(30)18-10-7-9-17-20(26)14-31-23(17)18/h3,5,7,9-10,14-16,19,21H,4,6,8,11-13H2,1-2H3,(H,27,30)(H,28,29)/t15-,16+,19+,21?/m1/s1. The quantitative estimate of drug-likeness (QED) is 0.313. The number of thiophene rings is 1. The number of carboxylic acids is 1. The van der Waals surface area contributed by atoms with Crippen molar-refractivity contribution in [1.29, 1.82) is 0 Å². The lowest BCUT2D eigenvalue weighted by atomic mass is 9.44. The van der Waals surface area contributed by atoms with Crippen molar-refractivity contribution in [3.05, 3.63) is 45.8 Å².